The summed E-state index contributed by atoms with van der Waals surface area (Å²) >= 11 is 6.24. The summed E-state index contributed by atoms with van der Waals surface area (Å²) in [5.74, 6) is -0.0295. The second-order valence-corrected chi connectivity index (χ2v) is 5.79. The number of benzene rings is 2. The fourth-order valence-electron chi connectivity index (χ4n) is 2.30. The Kier molecular flexibility index (Phi) is 5.55. The number of halogens is 2. The Labute approximate surface area is 154 Å². The molecule has 5 nitrogen and oxygen atoms in total. The van der Waals surface area contributed by atoms with Crippen LogP contribution in [0.4, 0.5) is 10.1 Å². The third kappa shape index (κ3) is 4.22. The van der Waals surface area contributed by atoms with Crippen LogP contribution in [-0.2, 0) is 11.4 Å². The van der Waals surface area contributed by atoms with Crippen molar-refractivity contribution in [2.45, 2.75) is 6.61 Å². The Hall–Kier alpha value is -2.83. The molecule has 0 spiro atoms. The van der Waals surface area contributed by atoms with E-state index in [9.17, 15) is 9.18 Å². The van der Waals surface area contributed by atoms with Crippen molar-refractivity contribution in [1.29, 1.82) is 0 Å². The predicted octanol–water partition coefficient (Wildman–Crippen LogP) is 4.25. The van der Waals surface area contributed by atoms with Crippen LogP contribution in [0.15, 0.2) is 59.0 Å². The van der Waals surface area contributed by atoms with E-state index in [1.54, 1.807) is 36.4 Å². The molecule has 0 saturated carbocycles. The fraction of sp³-hybridized carbons (Fsp3) is 0.105. The molecule has 26 heavy (non-hydrogen) atoms. The Bertz CT molecular complexity index is 925. The summed E-state index contributed by atoms with van der Waals surface area (Å²) in [6.45, 7) is -0.536. The third-order valence-corrected chi connectivity index (χ3v) is 3.84. The van der Waals surface area contributed by atoms with E-state index in [1.807, 2.05) is 0 Å². The van der Waals surface area contributed by atoms with E-state index < -0.39 is 11.7 Å². The van der Waals surface area contributed by atoms with Crippen molar-refractivity contribution in [3.63, 3.8) is 0 Å². The first-order valence-electron chi connectivity index (χ1n) is 7.73. The van der Waals surface area contributed by atoms with Crippen molar-refractivity contribution in [2.24, 2.45) is 0 Å². The number of amides is 1. The molecule has 0 bridgehead atoms. The number of nitrogens with one attached hydrogen (secondary N) is 1. The number of aliphatic hydroxyl groups excluding tert-OH is 1. The molecule has 0 fully saturated rings. The number of hydrogen-bond donors (Lipinski definition) is 2. The van der Waals surface area contributed by atoms with Crippen LogP contribution in [-0.4, -0.2) is 17.6 Å². The topological polar surface area (TPSA) is 71.7 Å². The molecule has 2 aromatic carbocycles. The van der Waals surface area contributed by atoms with Crippen LogP contribution in [0.25, 0.3) is 11.3 Å². The zero-order chi connectivity index (χ0) is 18.5. The summed E-state index contributed by atoms with van der Waals surface area (Å²) in [4.78, 5) is 12.0. The molecule has 0 aliphatic carbocycles. The standard InChI is InChI=1S/C19H15ClFNO4/c20-15-9-12(5-7-14(15)17-8-6-13(10-23)26-17)22-19(24)11-25-18-4-2-1-3-16(18)21/h1-9,23H,10-11H2,(H,22,24). The first-order chi connectivity index (χ1) is 12.6. The van der Waals surface area contributed by atoms with Gasteiger partial charge in [-0.25, -0.2) is 4.39 Å². The van der Waals surface area contributed by atoms with Gasteiger partial charge in [0.1, 0.15) is 18.1 Å². The normalized spacial score (nSPS) is 10.6. The number of aliphatic hydroxyl groups is 1. The molecule has 0 radical (unpaired) electrons. The van der Waals surface area contributed by atoms with Gasteiger partial charge in [0.2, 0.25) is 0 Å². The van der Waals surface area contributed by atoms with E-state index in [-0.39, 0.29) is 19.0 Å². The molecule has 3 aromatic rings. The maximum Gasteiger partial charge on any atom is 0.262 e. The number of anilines is 1. The molecule has 2 N–H and O–H groups in total. The summed E-state index contributed by atoms with van der Waals surface area (Å²) < 4.78 is 24.0. The van der Waals surface area contributed by atoms with Gasteiger partial charge in [-0.05, 0) is 42.5 Å². The lowest BCUT2D eigenvalue weighted by atomic mass is 10.1. The maximum atomic E-state index is 13.5. The second-order valence-electron chi connectivity index (χ2n) is 5.39. The largest absolute Gasteiger partial charge is 0.481 e. The van der Waals surface area contributed by atoms with Gasteiger partial charge in [-0.2, -0.15) is 0 Å². The zero-order valence-corrected chi connectivity index (χ0v) is 14.3. The highest BCUT2D eigenvalue weighted by atomic mass is 35.5. The minimum atomic E-state index is -0.534. The number of carbonyl (C=O) groups excluding carboxylic acids is 1. The second kappa shape index (κ2) is 8.03. The zero-order valence-electron chi connectivity index (χ0n) is 13.5. The minimum absolute atomic E-state index is 0.00790. The van der Waals surface area contributed by atoms with Gasteiger partial charge in [0.15, 0.2) is 18.2 Å². The van der Waals surface area contributed by atoms with Gasteiger partial charge in [-0.1, -0.05) is 23.7 Å². The van der Waals surface area contributed by atoms with Gasteiger partial charge < -0.3 is 19.6 Å². The molecule has 1 amide bonds. The monoisotopic (exact) mass is 375 g/mol. The SMILES string of the molecule is O=C(COc1ccccc1F)Nc1ccc(-c2ccc(CO)o2)c(Cl)c1. The molecule has 0 saturated heterocycles. The van der Waals surface area contributed by atoms with Crippen molar-refractivity contribution in [3.8, 4) is 17.1 Å². The Morgan fingerprint density at radius 3 is 2.69 bits per heavy atom. The lowest BCUT2D eigenvalue weighted by Crippen LogP contribution is -2.20. The van der Waals surface area contributed by atoms with E-state index in [1.165, 1.54) is 18.2 Å². The van der Waals surface area contributed by atoms with Gasteiger partial charge in [-0.15, -0.1) is 0 Å². The molecule has 7 heteroatoms. The van der Waals surface area contributed by atoms with Crippen LogP contribution in [0, 0.1) is 5.82 Å². The van der Waals surface area contributed by atoms with Crippen molar-refractivity contribution >= 4 is 23.2 Å². The number of hydrogen-bond acceptors (Lipinski definition) is 4. The lowest BCUT2D eigenvalue weighted by molar-refractivity contribution is -0.118. The van der Waals surface area contributed by atoms with E-state index >= 15 is 0 Å². The molecule has 0 unspecified atom stereocenters. The van der Waals surface area contributed by atoms with E-state index in [0.29, 0.717) is 27.8 Å². The van der Waals surface area contributed by atoms with Crippen molar-refractivity contribution in [2.75, 3.05) is 11.9 Å². The van der Waals surface area contributed by atoms with Crippen LogP contribution in [0.3, 0.4) is 0 Å². The molecule has 1 aromatic heterocycles. The number of para-hydroxylation sites is 1. The predicted molar refractivity (Wildman–Crippen MR) is 95.6 cm³/mol. The molecule has 0 atom stereocenters. The van der Waals surface area contributed by atoms with Crippen LogP contribution in [0.5, 0.6) is 5.75 Å². The van der Waals surface area contributed by atoms with E-state index in [4.69, 9.17) is 25.9 Å². The fourth-order valence-corrected chi connectivity index (χ4v) is 2.58. The van der Waals surface area contributed by atoms with Crippen LogP contribution >= 0.6 is 11.6 Å². The summed E-state index contributed by atoms with van der Waals surface area (Å²) in [7, 11) is 0. The molecule has 0 aliphatic rings. The summed E-state index contributed by atoms with van der Waals surface area (Å²) in [5.41, 5.74) is 1.10. The first kappa shape index (κ1) is 18.0. The lowest BCUT2D eigenvalue weighted by Gasteiger charge is -2.09. The van der Waals surface area contributed by atoms with Crippen LogP contribution in [0.1, 0.15) is 5.76 Å². The van der Waals surface area contributed by atoms with E-state index in [0.717, 1.165) is 0 Å². The number of furan rings is 1. The maximum absolute atomic E-state index is 13.5. The molecular weight excluding hydrogens is 361 g/mol. The highest BCUT2D eigenvalue weighted by Crippen LogP contribution is 2.31. The number of carbonyl (C=O) groups is 1. The smallest absolute Gasteiger partial charge is 0.262 e. The van der Waals surface area contributed by atoms with Gasteiger partial charge in [0.05, 0.1) is 5.02 Å². The first-order valence-corrected chi connectivity index (χ1v) is 8.11. The van der Waals surface area contributed by atoms with Gasteiger partial charge >= 0.3 is 0 Å². The molecule has 0 aliphatic heterocycles. The van der Waals surface area contributed by atoms with E-state index in [2.05, 4.69) is 5.32 Å². The Balaban J connectivity index is 1.64. The third-order valence-electron chi connectivity index (χ3n) is 3.53. The molecule has 134 valence electrons. The van der Waals surface area contributed by atoms with Crippen molar-refractivity contribution in [1.82, 2.24) is 0 Å². The average Bonchev–Trinajstić information content (AvgIpc) is 3.10. The van der Waals surface area contributed by atoms with Crippen LogP contribution < -0.4 is 10.1 Å². The van der Waals surface area contributed by atoms with Crippen LogP contribution in [0.2, 0.25) is 5.02 Å². The molecule has 3 rings (SSSR count). The van der Waals surface area contributed by atoms with Gasteiger partial charge in [0, 0.05) is 11.3 Å². The van der Waals surface area contributed by atoms with Gasteiger partial charge in [0.25, 0.3) is 5.91 Å². The summed E-state index contributed by atoms with van der Waals surface area (Å²) in [6, 6.07) is 14.1. The number of rotatable bonds is 6. The average molecular weight is 376 g/mol. The quantitative estimate of drug-likeness (QED) is 0.675. The summed E-state index contributed by atoms with van der Waals surface area (Å²) in [6.07, 6.45) is 0. The highest BCUT2D eigenvalue weighted by molar-refractivity contribution is 6.33. The molecule has 1 heterocycles. The Morgan fingerprint density at radius 2 is 2.00 bits per heavy atom. The van der Waals surface area contributed by atoms with Crippen molar-refractivity contribution in [3.05, 3.63) is 71.2 Å². The van der Waals surface area contributed by atoms with Crippen molar-refractivity contribution < 1.29 is 23.4 Å². The minimum Gasteiger partial charge on any atom is -0.481 e. The van der Waals surface area contributed by atoms with Gasteiger partial charge in [-0.3, -0.25) is 4.79 Å². The molecular formula is C19H15ClFNO4. The highest BCUT2D eigenvalue weighted by Gasteiger charge is 2.11. The Morgan fingerprint density at radius 1 is 1.19 bits per heavy atom. The number of ether oxygens (including phenoxy) is 1. The summed E-state index contributed by atoms with van der Waals surface area (Å²) in [5, 5.41) is 12.0.